The smallest absolute Gasteiger partial charge is 0.248 e. The normalized spacial score (nSPS) is 20.8. The summed E-state index contributed by atoms with van der Waals surface area (Å²) in [7, 11) is -2.15. The van der Waals surface area contributed by atoms with Crippen molar-refractivity contribution in [3.63, 3.8) is 0 Å². The molecule has 214 valence electrons. The topological polar surface area (TPSA) is 97.4 Å². The van der Waals surface area contributed by atoms with Crippen LogP contribution in [0.5, 0.6) is 0 Å². The van der Waals surface area contributed by atoms with E-state index in [0.717, 1.165) is 29.2 Å². The number of methoxy groups -OCH3 is 1. The highest BCUT2D eigenvalue weighted by Gasteiger charge is 2.41. The number of alkyl halides is 2. The molecule has 0 radical (unpaired) electrons. The van der Waals surface area contributed by atoms with Crippen molar-refractivity contribution in [1.82, 2.24) is 4.98 Å². The first-order chi connectivity index (χ1) is 19.6. The van der Waals surface area contributed by atoms with Gasteiger partial charge in [-0.05, 0) is 79.7 Å². The van der Waals surface area contributed by atoms with Gasteiger partial charge in [-0.3, -0.25) is 4.79 Å². The average molecular weight is 598 g/mol. The van der Waals surface area contributed by atoms with Crippen LogP contribution in [0.25, 0.3) is 6.08 Å². The maximum absolute atomic E-state index is 14.1. The summed E-state index contributed by atoms with van der Waals surface area (Å²) in [4.78, 5) is 19.7. The van der Waals surface area contributed by atoms with Gasteiger partial charge in [-0.2, -0.15) is 0 Å². The molecule has 2 atom stereocenters. The van der Waals surface area contributed by atoms with E-state index in [1.54, 1.807) is 43.5 Å². The number of fused-ring (bicyclic) bond motifs is 3. The Bertz CT molecular complexity index is 1680. The number of anilines is 3. The van der Waals surface area contributed by atoms with Gasteiger partial charge < -0.3 is 15.4 Å². The minimum absolute atomic E-state index is 0.113. The second-order valence-corrected chi connectivity index (χ2v) is 13.6. The molecule has 2 aliphatic carbocycles. The zero-order valence-corrected chi connectivity index (χ0v) is 24.0. The van der Waals surface area contributed by atoms with Gasteiger partial charge in [0.25, 0.3) is 0 Å². The number of aryl methyl sites for hydroxylation is 1. The zero-order valence-electron chi connectivity index (χ0n) is 22.3. The van der Waals surface area contributed by atoms with Crippen LogP contribution in [0.4, 0.5) is 25.3 Å². The van der Waals surface area contributed by atoms with Gasteiger partial charge in [-0.25, -0.2) is 22.2 Å². The minimum Gasteiger partial charge on any atom is -0.497 e. The minimum atomic E-state index is -3.75. The molecule has 3 aromatic rings. The second kappa shape index (κ2) is 10.7. The highest BCUT2D eigenvalue weighted by atomic mass is 32.2. The van der Waals surface area contributed by atoms with E-state index in [-0.39, 0.29) is 40.9 Å². The Morgan fingerprint density at radius 3 is 2.78 bits per heavy atom. The average Bonchev–Trinajstić information content (AvgIpc) is 3.47. The van der Waals surface area contributed by atoms with Crippen molar-refractivity contribution in [2.45, 2.75) is 60.2 Å². The number of para-hydroxylation sites is 1. The van der Waals surface area contributed by atoms with Crippen LogP contribution in [0.15, 0.2) is 70.2 Å². The van der Waals surface area contributed by atoms with E-state index < -0.39 is 21.7 Å². The van der Waals surface area contributed by atoms with Crippen LogP contribution in [0.1, 0.15) is 54.2 Å². The number of nitrogens with one attached hydrogen (secondary N) is 2. The molecule has 0 saturated heterocycles. The second-order valence-electron chi connectivity index (χ2n) is 10.6. The molecular weight excluding hydrogens is 568 g/mol. The molecule has 2 heterocycles. The van der Waals surface area contributed by atoms with Gasteiger partial charge in [-0.1, -0.05) is 18.2 Å². The third-order valence-corrected chi connectivity index (χ3v) is 10.8. The first-order valence-corrected chi connectivity index (χ1v) is 15.8. The van der Waals surface area contributed by atoms with Crippen LogP contribution in [0.2, 0.25) is 0 Å². The molecule has 3 aliphatic rings. The van der Waals surface area contributed by atoms with Crippen molar-refractivity contribution in [3.05, 3.63) is 76.5 Å². The fourth-order valence-corrected chi connectivity index (χ4v) is 8.30. The molecule has 7 nitrogen and oxygen atoms in total. The zero-order chi connectivity index (χ0) is 28.8. The number of allylic oxidation sites excluding steroid dienone is 2. The predicted molar refractivity (Wildman–Crippen MR) is 154 cm³/mol. The van der Waals surface area contributed by atoms with Gasteiger partial charge >= 0.3 is 0 Å². The Labute approximate surface area is 241 Å². The summed E-state index contributed by atoms with van der Waals surface area (Å²) in [6.07, 6.45) is 7.26. The molecule has 0 bridgehead atoms. The molecule has 41 heavy (non-hydrogen) atoms. The van der Waals surface area contributed by atoms with Crippen LogP contribution in [-0.2, 0) is 25.8 Å². The Morgan fingerprint density at radius 1 is 1.20 bits per heavy atom. The van der Waals surface area contributed by atoms with Gasteiger partial charge in [0.05, 0.1) is 39.9 Å². The number of amides is 1. The van der Waals surface area contributed by atoms with Crippen LogP contribution >= 0.6 is 11.3 Å². The molecule has 2 N–H and O–H groups in total. The van der Waals surface area contributed by atoms with E-state index in [1.165, 1.54) is 17.4 Å². The fourth-order valence-electron chi connectivity index (χ4n) is 5.78. The van der Waals surface area contributed by atoms with Crippen LogP contribution in [-0.4, -0.2) is 32.3 Å². The Kier molecular flexibility index (Phi) is 7.19. The third kappa shape index (κ3) is 5.52. The number of halogens is 2. The van der Waals surface area contributed by atoms with Crippen molar-refractivity contribution in [2.24, 2.45) is 5.92 Å². The van der Waals surface area contributed by atoms with Gasteiger partial charge in [-0.15, -0.1) is 11.3 Å². The van der Waals surface area contributed by atoms with Gasteiger partial charge in [0, 0.05) is 17.7 Å². The molecule has 1 amide bonds. The molecule has 1 saturated carbocycles. The number of ether oxygens (including phenoxy) is 1. The maximum atomic E-state index is 14.1. The molecular formula is C30H29F2N3O4S2. The van der Waals surface area contributed by atoms with Crippen molar-refractivity contribution in [1.29, 1.82) is 0 Å². The molecule has 1 fully saturated rings. The number of hydrogen-bond donors (Lipinski definition) is 2. The van der Waals surface area contributed by atoms with Crippen LogP contribution < -0.4 is 10.6 Å². The summed E-state index contributed by atoms with van der Waals surface area (Å²) in [6.45, 7) is 0. The van der Waals surface area contributed by atoms with Gasteiger partial charge in [0.2, 0.25) is 21.7 Å². The number of carbonyl (C=O) groups excluding carboxylic acids is 1. The molecule has 2 aromatic carbocycles. The first kappa shape index (κ1) is 27.6. The number of benzene rings is 2. The van der Waals surface area contributed by atoms with E-state index in [1.807, 2.05) is 18.2 Å². The summed E-state index contributed by atoms with van der Waals surface area (Å²) in [5, 5.41) is 6.54. The molecule has 1 aromatic heterocycles. The number of thiazole rings is 1. The Balaban J connectivity index is 1.31. The monoisotopic (exact) mass is 597 g/mol. The Hall–Kier alpha value is -3.57. The number of hydrogen-bond acceptors (Lipinski definition) is 7. The molecule has 6 rings (SSSR count). The van der Waals surface area contributed by atoms with Crippen molar-refractivity contribution in [3.8, 4) is 0 Å². The maximum Gasteiger partial charge on any atom is 0.248 e. The molecule has 1 aliphatic heterocycles. The van der Waals surface area contributed by atoms with Crippen LogP contribution in [0.3, 0.4) is 0 Å². The number of rotatable bonds is 6. The van der Waals surface area contributed by atoms with Crippen molar-refractivity contribution >= 4 is 49.7 Å². The highest BCUT2D eigenvalue weighted by Crippen LogP contribution is 2.45. The summed E-state index contributed by atoms with van der Waals surface area (Å²) in [5.74, 6) is -3.47. The quantitative estimate of drug-likeness (QED) is 0.247. The van der Waals surface area contributed by atoms with E-state index >= 15 is 0 Å². The van der Waals surface area contributed by atoms with E-state index in [9.17, 15) is 22.0 Å². The largest absolute Gasteiger partial charge is 0.497 e. The number of nitrogens with zero attached hydrogens (tertiary/aromatic N) is 1. The first-order valence-electron chi connectivity index (χ1n) is 13.5. The number of sulfone groups is 1. The van der Waals surface area contributed by atoms with E-state index in [2.05, 4.69) is 15.6 Å². The van der Waals surface area contributed by atoms with E-state index in [0.29, 0.717) is 28.5 Å². The number of aromatic nitrogens is 1. The summed E-state index contributed by atoms with van der Waals surface area (Å²) in [5.41, 5.74) is 2.12. The van der Waals surface area contributed by atoms with Crippen LogP contribution in [0, 0.1) is 5.92 Å². The van der Waals surface area contributed by atoms with Crippen molar-refractivity contribution < 1.29 is 26.7 Å². The molecule has 0 spiro atoms. The fraction of sp³-hybridized carbons (Fsp3) is 0.333. The predicted octanol–water partition coefficient (Wildman–Crippen LogP) is 7.07. The lowest BCUT2D eigenvalue weighted by atomic mass is 9.87. The van der Waals surface area contributed by atoms with E-state index in [4.69, 9.17) is 4.74 Å². The SMILES string of the molecule is COC1=CCCc2sc(NC(=O)C(CC3CCC(F)(F)C3)c3ccc4c(c3)Nc3ccccc3S4(=O)=O)nc2C=C1. The summed E-state index contributed by atoms with van der Waals surface area (Å²) < 4.78 is 60.0. The third-order valence-electron chi connectivity index (χ3n) is 7.85. The molecule has 11 heteroatoms. The van der Waals surface area contributed by atoms with Crippen molar-refractivity contribution in [2.75, 3.05) is 17.7 Å². The summed E-state index contributed by atoms with van der Waals surface area (Å²) >= 11 is 1.39. The lowest BCUT2D eigenvalue weighted by Crippen LogP contribution is -2.24. The van der Waals surface area contributed by atoms with Gasteiger partial charge in [0.15, 0.2) is 5.13 Å². The molecule has 2 unspecified atom stereocenters. The standard InChI is InChI=1S/C30H29F2N3O4S2/c1-39-20-5-4-7-25-22(11-10-20)34-29(40-25)35-28(36)21(15-18-13-14-30(31,32)17-18)19-9-12-27-24(16-19)33-23-6-2-3-8-26(23)41(27,37)38/h2-3,5-6,8-12,16,18,21,33H,4,7,13-15,17H2,1H3,(H,34,35,36). The number of carbonyl (C=O) groups is 1. The lowest BCUT2D eigenvalue weighted by Gasteiger charge is -2.25. The Morgan fingerprint density at radius 2 is 2.00 bits per heavy atom. The van der Waals surface area contributed by atoms with Gasteiger partial charge in [0.1, 0.15) is 5.76 Å². The highest BCUT2D eigenvalue weighted by molar-refractivity contribution is 7.92. The summed E-state index contributed by atoms with van der Waals surface area (Å²) in [6, 6.07) is 11.4. The lowest BCUT2D eigenvalue weighted by molar-refractivity contribution is -0.118.